The van der Waals surface area contributed by atoms with E-state index in [9.17, 15) is 12.8 Å². The molecule has 4 nitrogen and oxygen atoms in total. The SMILES string of the molecule is NNS(=O)(=O)c1ccc(Cl)c(Cl)c1F. The number of halogens is 3. The van der Waals surface area contributed by atoms with E-state index in [-0.39, 0.29) is 5.02 Å². The van der Waals surface area contributed by atoms with Gasteiger partial charge in [-0.15, -0.1) is 4.83 Å². The van der Waals surface area contributed by atoms with Crippen molar-refractivity contribution in [2.75, 3.05) is 0 Å². The van der Waals surface area contributed by atoms with Gasteiger partial charge in [0.25, 0.3) is 10.0 Å². The smallest absolute Gasteiger partial charge is 0.256 e. The summed E-state index contributed by atoms with van der Waals surface area (Å²) < 4.78 is 35.5. The summed E-state index contributed by atoms with van der Waals surface area (Å²) in [6, 6.07) is 2.13. The van der Waals surface area contributed by atoms with Crippen molar-refractivity contribution in [2.45, 2.75) is 4.90 Å². The summed E-state index contributed by atoms with van der Waals surface area (Å²) in [7, 11) is -4.06. The van der Waals surface area contributed by atoms with E-state index in [1.165, 1.54) is 4.83 Å². The van der Waals surface area contributed by atoms with Crippen LogP contribution in [0.3, 0.4) is 0 Å². The van der Waals surface area contributed by atoms with E-state index in [0.717, 1.165) is 12.1 Å². The Labute approximate surface area is 89.8 Å². The van der Waals surface area contributed by atoms with Gasteiger partial charge < -0.3 is 0 Å². The first-order valence-electron chi connectivity index (χ1n) is 3.26. The first-order chi connectivity index (χ1) is 6.40. The fraction of sp³-hybridized carbons (Fsp3) is 0. The molecule has 1 rings (SSSR count). The molecule has 1 aromatic carbocycles. The first-order valence-corrected chi connectivity index (χ1v) is 5.50. The lowest BCUT2D eigenvalue weighted by atomic mass is 10.3. The number of nitrogens with two attached hydrogens (primary N) is 1. The Bertz CT molecular complexity index is 463. The maximum Gasteiger partial charge on any atom is 0.256 e. The van der Waals surface area contributed by atoms with Gasteiger partial charge in [0.1, 0.15) is 4.90 Å². The Morgan fingerprint density at radius 3 is 2.43 bits per heavy atom. The molecular weight excluding hydrogens is 254 g/mol. The highest BCUT2D eigenvalue weighted by Gasteiger charge is 2.20. The zero-order valence-corrected chi connectivity index (χ0v) is 8.92. The molecular formula is C6H5Cl2FN2O2S. The molecule has 0 aliphatic rings. The predicted molar refractivity (Wildman–Crippen MR) is 50.9 cm³/mol. The van der Waals surface area contributed by atoms with E-state index in [1.807, 2.05) is 0 Å². The summed E-state index contributed by atoms with van der Waals surface area (Å²) in [5, 5.41) is -0.525. The molecule has 0 amide bonds. The monoisotopic (exact) mass is 258 g/mol. The van der Waals surface area contributed by atoms with Gasteiger partial charge in [-0.05, 0) is 12.1 Å². The van der Waals surface area contributed by atoms with Gasteiger partial charge in [-0.25, -0.2) is 12.8 Å². The van der Waals surface area contributed by atoms with Crippen molar-refractivity contribution in [1.29, 1.82) is 0 Å². The maximum absolute atomic E-state index is 13.3. The summed E-state index contributed by atoms with van der Waals surface area (Å²) in [6.07, 6.45) is 0. The van der Waals surface area contributed by atoms with Gasteiger partial charge in [0.2, 0.25) is 0 Å². The second-order valence-corrected chi connectivity index (χ2v) is 4.76. The Kier molecular flexibility index (Phi) is 3.33. The summed E-state index contributed by atoms with van der Waals surface area (Å²) in [4.78, 5) is 0.832. The second-order valence-electron chi connectivity index (χ2n) is 2.29. The average molecular weight is 259 g/mol. The normalized spacial score (nSPS) is 11.7. The van der Waals surface area contributed by atoms with E-state index in [4.69, 9.17) is 29.0 Å². The minimum Gasteiger partial charge on any atom is -0.257 e. The molecule has 3 N–H and O–H groups in total. The van der Waals surface area contributed by atoms with Crippen LogP contribution in [-0.2, 0) is 10.0 Å². The molecule has 78 valence electrons. The third-order valence-corrected chi connectivity index (χ3v) is 3.43. The average Bonchev–Trinajstić information content (AvgIpc) is 2.14. The molecule has 8 heteroatoms. The van der Waals surface area contributed by atoms with Gasteiger partial charge in [-0.1, -0.05) is 23.2 Å². The Morgan fingerprint density at radius 1 is 1.36 bits per heavy atom. The molecule has 0 aliphatic carbocycles. The van der Waals surface area contributed by atoms with Gasteiger partial charge in [-0.3, -0.25) is 5.84 Å². The molecule has 14 heavy (non-hydrogen) atoms. The highest BCUT2D eigenvalue weighted by Crippen LogP contribution is 2.28. The fourth-order valence-corrected chi connectivity index (χ4v) is 1.86. The molecule has 0 radical (unpaired) electrons. The van der Waals surface area contributed by atoms with Crippen LogP contribution in [0.4, 0.5) is 4.39 Å². The summed E-state index contributed by atoms with van der Waals surface area (Å²) in [6.45, 7) is 0. The third kappa shape index (κ3) is 1.99. The minimum atomic E-state index is -4.06. The van der Waals surface area contributed by atoms with Gasteiger partial charge in [0.05, 0.1) is 10.0 Å². The van der Waals surface area contributed by atoms with Crippen LogP contribution in [0.25, 0.3) is 0 Å². The van der Waals surface area contributed by atoms with Gasteiger partial charge in [-0.2, -0.15) is 0 Å². The Hall–Kier alpha value is -0.400. The van der Waals surface area contributed by atoms with E-state index < -0.39 is 25.8 Å². The van der Waals surface area contributed by atoms with Crippen LogP contribution in [0.5, 0.6) is 0 Å². The van der Waals surface area contributed by atoms with Gasteiger partial charge >= 0.3 is 0 Å². The molecule has 0 aromatic heterocycles. The Morgan fingerprint density at radius 2 is 1.93 bits per heavy atom. The number of hydrazine groups is 1. The second kappa shape index (κ2) is 4.00. The van der Waals surface area contributed by atoms with Crippen molar-refractivity contribution in [3.05, 3.63) is 28.0 Å². The number of rotatable bonds is 2. The third-order valence-electron chi connectivity index (χ3n) is 1.44. The van der Waals surface area contributed by atoms with Crippen molar-refractivity contribution < 1.29 is 12.8 Å². The summed E-state index contributed by atoms with van der Waals surface area (Å²) in [5.74, 6) is 3.59. The lowest BCUT2D eigenvalue weighted by Crippen LogP contribution is -2.30. The fourth-order valence-electron chi connectivity index (χ4n) is 0.779. The van der Waals surface area contributed by atoms with Crippen LogP contribution < -0.4 is 10.7 Å². The van der Waals surface area contributed by atoms with Crippen molar-refractivity contribution >= 4 is 33.2 Å². The number of hydrogen-bond acceptors (Lipinski definition) is 3. The summed E-state index contributed by atoms with van der Waals surface area (Å²) >= 11 is 10.9. The standard InChI is InChI=1S/C6H5Cl2FN2O2S/c7-3-1-2-4(6(9)5(3)8)14(12,13)11-10/h1-2,11H,10H2. The van der Waals surface area contributed by atoms with Crippen LogP contribution >= 0.6 is 23.2 Å². The minimum absolute atomic E-state index is 0.0693. The molecule has 0 bridgehead atoms. The van der Waals surface area contributed by atoms with Crippen LogP contribution in [0.2, 0.25) is 10.0 Å². The highest BCUT2D eigenvalue weighted by atomic mass is 35.5. The van der Waals surface area contributed by atoms with Crippen molar-refractivity contribution in [3.63, 3.8) is 0 Å². The van der Waals surface area contributed by atoms with Crippen molar-refractivity contribution in [2.24, 2.45) is 5.84 Å². The molecule has 0 heterocycles. The molecule has 0 saturated carbocycles. The van der Waals surface area contributed by atoms with E-state index >= 15 is 0 Å². The molecule has 0 unspecified atom stereocenters. The van der Waals surface area contributed by atoms with Crippen LogP contribution in [0.15, 0.2) is 17.0 Å². The van der Waals surface area contributed by atoms with E-state index in [1.54, 1.807) is 0 Å². The summed E-state index contributed by atoms with van der Waals surface area (Å²) in [5.41, 5.74) is 0. The number of benzene rings is 1. The first kappa shape index (κ1) is 11.7. The van der Waals surface area contributed by atoms with Crippen LogP contribution in [0, 0.1) is 5.82 Å². The molecule has 0 atom stereocenters. The topological polar surface area (TPSA) is 72.2 Å². The quantitative estimate of drug-likeness (QED) is 0.477. The van der Waals surface area contributed by atoms with Crippen LogP contribution in [-0.4, -0.2) is 8.42 Å². The van der Waals surface area contributed by atoms with Gasteiger partial charge in [0, 0.05) is 0 Å². The molecule has 0 spiro atoms. The Balaban J connectivity index is 3.47. The van der Waals surface area contributed by atoms with Crippen molar-refractivity contribution in [1.82, 2.24) is 4.83 Å². The zero-order valence-electron chi connectivity index (χ0n) is 6.59. The predicted octanol–water partition coefficient (Wildman–Crippen LogP) is 1.28. The maximum atomic E-state index is 13.3. The number of hydrogen-bond donors (Lipinski definition) is 2. The molecule has 0 saturated heterocycles. The van der Waals surface area contributed by atoms with E-state index in [0.29, 0.717) is 0 Å². The van der Waals surface area contributed by atoms with Crippen molar-refractivity contribution in [3.8, 4) is 0 Å². The molecule has 0 aliphatic heterocycles. The lowest BCUT2D eigenvalue weighted by Gasteiger charge is -2.05. The van der Waals surface area contributed by atoms with Crippen LogP contribution in [0.1, 0.15) is 0 Å². The molecule has 0 fully saturated rings. The number of sulfonamides is 1. The van der Waals surface area contributed by atoms with Gasteiger partial charge in [0.15, 0.2) is 5.82 Å². The molecule has 1 aromatic rings. The lowest BCUT2D eigenvalue weighted by molar-refractivity contribution is 0.559. The zero-order chi connectivity index (χ0) is 10.9. The largest absolute Gasteiger partial charge is 0.257 e. The van der Waals surface area contributed by atoms with E-state index in [2.05, 4.69) is 0 Å². The highest BCUT2D eigenvalue weighted by molar-refractivity contribution is 7.89. The number of nitrogens with one attached hydrogen (secondary N) is 1.